The van der Waals surface area contributed by atoms with Gasteiger partial charge in [-0.15, -0.1) is 0 Å². The van der Waals surface area contributed by atoms with Gasteiger partial charge >= 0.3 is 12.1 Å². The summed E-state index contributed by atoms with van der Waals surface area (Å²) >= 11 is 0. The summed E-state index contributed by atoms with van der Waals surface area (Å²) in [5.74, 6) is -0.564. The molecule has 9 heteroatoms. The Morgan fingerprint density at radius 3 is 2.42 bits per heavy atom. The number of hydrogen-bond acceptors (Lipinski definition) is 4. The minimum absolute atomic E-state index is 0.0325. The fourth-order valence-corrected chi connectivity index (χ4v) is 4.54. The van der Waals surface area contributed by atoms with Gasteiger partial charge in [0.2, 0.25) is 5.91 Å². The number of alkyl halides is 3. The monoisotopic (exact) mass is 507 g/mol. The zero-order valence-corrected chi connectivity index (χ0v) is 20.6. The SMILES string of the molecule is CC1CCC(C(C)C)C(OCC(=O)Nc2ccc(OCc3ccc(C(=O)O)cc3)cc2C(F)(F)F)C1. The van der Waals surface area contributed by atoms with Crippen molar-refractivity contribution in [2.75, 3.05) is 11.9 Å². The molecule has 2 aromatic rings. The molecule has 1 aliphatic rings. The summed E-state index contributed by atoms with van der Waals surface area (Å²) in [5.41, 5.74) is -0.702. The average molecular weight is 508 g/mol. The van der Waals surface area contributed by atoms with Gasteiger partial charge < -0.3 is 19.9 Å². The van der Waals surface area contributed by atoms with Gasteiger partial charge in [-0.3, -0.25) is 4.79 Å². The van der Waals surface area contributed by atoms with Gasteiger partial charge in [-0.2, -0.15) is 13.2 Å². The van der Waals surface area contributed by atoms with Gasteiger partial charge in [0.05, 0.1) is 22.9 Å². The van der Waals surface area contributed by atoms with Crippen LogP contribution >= 0.6 is 0 Å². The summed E-state index contributed by atoms with van der Waals surface area (Å²) in [6, 6.07) is 9.16. The number of nitrogens with one attached hydrogen (secondary N) is 1. The van der Waals surface area contributed by atoms with Crippen LogP contribution in [0.2, 0.25) is 0 Å². The van der Waals surface area contributed by atoms with E-state index >= 15 is 0 Å². The summed E-state index contributed by atoms with van der Waals surface area (Å²) in [6.07, 6.45) is -1.87. The molecule has 0 spiro atoms. The lowest BCUT2D eigenvalue weighted by Crippen LogP contribution is -2.36. The van der Waals surface area contributed by atoms with Crippen LogP contribution in [-0.4, -0.2) is 29.7 Å². The lowest BCUT2D eigenvalue weighted by atomic mass is 9.75. The molecule has 1 fully saturated rings. The fourth-order valence-electron chi connectivity index (χ4n) is 4.54. The van der Waals surface area contributed by atoms with E-state index in [0.29, 0.717) is 23.3 Å². The molecule has 1 saturated carbocycles. The van der Waals surface area contributed by atoms with Gasteiger partial charge in [0.15, 0.2) is 0 Å². The largest absolute Gasteiger partial charge is 0.489 e. The Morgan fingerprint density at radius 1 is 1.11 bits per heavy atom. The van der Waals surface area contributed by atoms with E-state index < -0.39 is 23.6 Å². The van der Waals surface area contributed by atoms with Crippen LogP contribution in [0, 0.1) is 17.8 Å². The van der Waals surface area contributed by atoms with Gasteiger partial charge in [0.25, 0.3) is 0 Å². The minimum Gasteiger partial charge on any atom is -0.489 e. The molecule has 36 heavy (non-hydrogen) atoms. The smallest absolute Gasteiger partial charge is 0.418 e. The number of amides is 1. The van der Waals surface area contributed by atoms with Crippen molar-refractivity contribution in [1.82, 2.24) is 0 Å². The molecule has 0 bridgehead atoms. The van der Waals surface area contributed by atoms with Crippen molar-refractivity contribution in [1.29, 1.82) is 0 Å². The highest BCUT2D eigenvalue weighted by molar-refractivity contribution is 5.92. The summed E-state index contributed by atoms with van der Waals surface area (Å²) in [6.45, 7) is 6.00. The van der Waals surface area contributed by atoms with Crippen molar-refractivity contribution in [3.05, 3.63) is 59.2 Å². The maximum absolute atomic E-state index is 13.7. The van der Waals surface area contributed by atoms with Crippen LogP contribution in [0.1, 0.15) is 61.5 Å². The minimum atomic E-state index is -4.71. The maximum Gasteiger partial charge on any atom is 0.418 e. The highest BCUT2D eigenvalue weighted by atomic mass is 19.4. The Labute approximate surface area is 208 Å². The van der Waals surface area contributed by atoms with Gasteiger partial charge in [0.1, 0.15) is 19.0 Å². The first-order valence-electron chi connectivity index (χ1n) is 12.0. The summed E-state index contributed by atoms with van der Waals surface area (Å²) < 4.78 is 52.5. The first-order valence-corrected chi connectivity index (χ1v) is 12.0. The van der Waals surface area contributed by atoms with E-state index in [1.54, 1.807) is 0 Å². The molecule has 2 aromatic carbocycles. The molecule has 6 nitrogen and oxygen atoms in total. The quantitative estimate of drug-likeness (QED) is 0.410. The second kappa shape index (κ2) is 11.8. The number of carboxylic acids is 1. The number of carboxylic acid groups (broad SMARTS) is 1. The first kappa shape index (κ1) is 27.5. The summed E-state index contributed by atoms with van der Waals surface area (Å²) in [4.78, 5) is 23.4. The third-order valence-corrected chi connectivity index (χ3v) is 6.57. The molecule has 1 aliphatic carbocycles. The van der Waals surface area contributed by atoms with Crippen LogP contribution in [0.5, 0.6) is 5.75 Å². The lowest BCUT2D eigenvalue weighted by Gasteiger charge is -2.37. The van der Waals surface area contributed by atoms with Crippen LogP contribution in [0.25, 0.3) is 0 Å². The van der Waals surface area contributed by atoms with E-state index in [1.165, 1.54) is 30.3 Å². The summed E-state index contributed by atoms with van der Waals surface area (Å²) in [7, 11) is 0. The Bertz CT molecular complexity index is 1050. The van der Waals surface area contributed by atoms with E-state index in [2.05, 4.69) is 26.1 Å². The Hall–Kier alpha value is -3.07. The predicted octanol–water partition coefficient (Wildman–Crippen LogP) is 6.40. The number of halogens is 3. The molecule has 0 saturated heterocycles. The topological polar surface area (TPSA) is 84.9 Å². The predicted molar refractivity (Wildman–Crippen MR) is 129 cm³/mol. The van der Waals surface area contributed by atoms with E-state index in [9.17, 15) is 22.8 Å². The molecule has 3 atom stereocenters. The zero-order valence-electron chi connectivity index (χ0n) is 20.6. The fraction of sp³-hybridized carbons (Fsp3) is 0.481. The Kier molecular flexibility index (Phi) is 9.00. The van der Waals surface area contributed by atoms with Gasteiger partial charge in [-0.25, -0.2) is 4.79 Å². The van der Waals surface area contributed by atoms with Crippen molar-refractivity contribution in [2.24, 2.45) is 17.8 Å². The number of rotatable bonds is 9. The number of anilines is 1. The molecule has 196 valence electrons. The standard InChI is InChI=1S/C27H32F3NO5/c1-16(2)21-10-4-17(3)12-24(21)36-15-25(32)31-23-11-9-20(13-22(23)27(28,29)30)35-14-18-5-7-19(8-6-18)26(33)34/h5-9,11,13,16-17,21,24H,4,10,12,14-15H2,1-3H3,(H,31,32)(H,33,34). The number of carbonyl (C=O) groups is 2. The van der Waals surface area contributed by atoms with Gasteiger partial charge in [-0.1, -0.05) is 39.3 Å². The van der Waals surface area contributed by atoms with Crippen LogP contribution in [0.15, 0.2) is 42.5 Å². The number of carbonyl (C=O) groups excluding carboxylic acids is 1. The van der Waals surface area contributed by atoms with Crippen molar-refractivity contribution in [3.63, 3.8) is 0 Å². The number of benzene rings is 2. The molecule has 2 N–H and O–H groups in total. The molecule has 1 amide bonds. The van der Waals surface area contributed by atoms with E-state index in [0.717, 1.165) is 31.4 Å². The molecule has 0 aliphatic heterocycles. The number of aromatic carboxylic acids is 1. The van der Waals surface area contributed by atoms with Crippen LogP contribution in [0.4, 0.5) is 18.9 Å². The molecular weight excluding hydrogens is 475 g/mol. The third-order valence-electron chi connectivity index (χ3n) is 6.57. The van der Waals surface area contributed by atoms with Crippen LogP contribution < -0.4 is 10.1 Å². The lowest BCUT2D eigenvalue weighted by molar-refractivity contribution is -0.137. The normalized spacial score (nSPS) is 20.2. The van der Waals surface area contributed by atoms with Crippen LogP contribution in [-0.2, 0) is 22.3 Å². The first-order chi connectivity index (χ1) is 16.9. The molecule has 3 unspecified atom stereocenters. The van der Waals surface area contributed by atoms with Crippen LogP contribution in [0.3, 0.4) is 0 Å². The highest BCUT2D eigenvalue weighted by Gasteiger charge is 2.35. The van der Waals surface area contributed by atoms with E-state index in [4.69, 9.17) is 14.6 Å². The molecule has 3 rings (SSSR count). The maximum atomic E-state index is 13.7. The molecule has 0 radical (unpaired) electrons. The van der Waals surface area contributed by atoms with E-state index in [-0.39, 0.29) is 36.3 Å². The van der Waals surface area contributed by atoms with Gasteiger partial charge in [0, 0.05) is 0 Å². The molecule has 0 heterocycles. The molecule has 0 aromatic heterocycles. The highest BCUT2D eigenvalue weighted by Crippen LogP contribution is 2.38. The zero-order chi connectivity index (χ0) is 26.5. The Morgan fingerprint density at radius 2 is 1.81 bits per heavy atom. The van der Waals surface area contributed by atoms with Crippen molar-refractivity contribution in [3.8, 4) is 5.75 Å². The average Bonchev–Trinajstić information content (AvgIpc) is 2.81. The van der Waals surface area contributed by atoms with Crippen molar-refractivity contribution >= 4 is 17.6 Å². The summed E-state index contributed by atoms with van der Waals surface area (Å²) in [5, 5.41) is 11.3. The van der Waals surface area contributed by atoms with Crippen molar-refractivity contribution in [2.45, 2.75) is 58.9 Å². The third kappa shape index (κ3) is 7.46. The van der Waals surface area contributed by atoms with Gasteiger partial charge in [-0.05, 0) is 66.5 Å². The van der Waals surface area contributed by atoms with Crippen molar-refractivity contribution < 1.29 is 37.3 Å². The number of hydrogen-bond donors (Lipinski definition) is 2. The second-order valence-corrected chi connectivity index (χ2v) is 9.72. The number of ether oxygens (including phenoxy) is 2. The Balaban J connectivity index is 1.64. The molecular formula is C27H32F3NO5. The van der Waals surface area contributed by atoms with E-state index in [1.807, 2.05) is 0 Å². The second-order valence-electron chi connectivity index (χ2n) is 9.72.